The topological polar surface area (TPSA) is 109 Å². The summed E-state index contributed by atoms with van der Waals surface area (Å²) in [4.78, 5) is 26.6. The highest BCUT2D eigenvalue weighted by Gasteiger charge is 2.13. The summed E-state index contributed by atoms with van der Waals surface area (Å²) in [5, 5.41) is 5.92. The molecule has 0 saturated heterocycles. The molecule has 0 radical (unpaired) electrons. The van der Waals surface area contributed by atoms with Crippen LogP contribution < -0.4 is 16.4 Å². The Morgan fingerprint density at radius 1 is 1.33 bits per heavy atom. The monoisotopic (exact) mass is 290 g/mol. The van der Waals surface area contributed by atoms with Gasteiger partial charge in [-0.2, -0.15) is 0 Å². The van der Waals surface area contributed by atoms with Gasteiger partial charge in [-0.15, -0.1) is 0 Å². The average Bonchev–Trinajstić information content (AvgIpc) is 2.88. The van der Waals surface area contributed by atoms with Gasteiger partial charge in [0, 0.05) is 36.4 Å². The summed E-state index contributed by atoms with van der Waals surface area (Å²) in [6, 6.07) is 5.28. The molecule has 21 heavy (non-hydrogen) atoms. The normalized spacial score (nSPS) is 10.5. The van der Waals surface area contributed by atoms with Gasteiger partial charge < -0.3 is 26.1 Å². The van der Waals surface area contributed by atoms with E-state index in [1.807, 2.05) is 0 Å². The van der Waals surface area contributed by atoms with Crippen molar-refractivity contribution in [3.05, 3.63) is 30.0 Å². The third kappa shape index (κ3) is 3.73. The smallest absolute Gasteiger partial charge is 0.253 e. The number of fused-ring (bicyclic) bond motifs is 1. The van der Waals surface area contributed by atoms with Crippen molar-refractivity contribution >= 4 is 28.4 Å². The third-order valence-corrected chi connectivity index (χ3v) is 2.99. The minimum absolute atomic E-state index is 0.0858. The molecule has 7 nitrogen and oxygen atoms in total. The lowest BCUT2D eigenvalue weighted by molar-refractivity contribution is -0.120. The first-order valence-corrected chi connectivity index (χ1v) is 6.52. The van der Waals surface area contributed by atoms with Gasteiger partial charge in [-0.1, -0.05) is 0 Å². The molecule has 0 aliphatic rings. The highest BCUT2D eigenvalue weighted by molar-refractivity contribution is 6.08. The molecular formula is C14H18N4O3. The van der Waals surface area contributed by atoms with Crippen LogP contribution in [0.4, 0.5) is 5.69 Å². The minimum Gasteiger partial charge on any atom is -0.399 e. The van der Waals surface area contributed by atoms with Gasteiger partial charge in [0.05, 0.1) is 18.7 Å². The van der Waals surface area contributed by atoms with E-state index < -0.39 is 0 Å². The Hall–Kier alpha value is -2.54. The SMILES string of the molecule is COCCNC(=O)CNC(=O)c1c[nH]c2ccc(N)cc12. The summed E-state index contributed by atoms with van der Waals surface area (Å²) in [6.07, 6.45) is 1.60. The van der Waals surface area contributed by atoms with Crippen LogP contribution in [0.3, 0.4) is 0 Å². The Labute approximate surface area is 121 Å². The molecule has 2 amide bonds. The third-order valence-electron chi connectivity index (χ3n) is 2.99. The lowest BCUT2D eigenvalue weighted by Crippen LogP contribution is -2.38. The van der Waals surface area contributed by atoms with E-state index >= 15 is 0 Å². The second kappa shape index (κ2) is 6.76. The molecule has 1 aromatic heterocycles. The van der Waals surface area contributed by atoms with Crippen molar-refractivity contribution in [2.24, 2.45) is 0 Å². The van der Waals surface area contributed by atoms with Crippen LogP contribution in [0.25, 0.3) is 10.9 Å². The minimum atomic E-state index is -0.325. The molecule has 0 unspecified atom stereocenters. The summed E-state index contributed by atoms with van der Waals surface area (Å²) in [5.74, 6) is -0.589. The molecule has 0 spiro atoms. The van der Waals surface area contributed by atoms with Crippen molar-refractivity contribution in [2.45, 2.75) is 0 Å². The van der Waals surface area contributed by atoms with E-state index in [-0.39, 0.29) is 18.4 Å². The Morgan fingerprint density at radius 2 is 2.14 bits per heavy atom. The molecule has 1 heterocycles. The van der Waals surface area contributed by atoms with Gasteiger partial charge in [-0.05, 0) is 18.2 Å². The number of amides is 2. The van der Waals surface area contributed by atoms with E-state index in [9.17, 15) is 9.59 Å². The number of nitrogens with two attached hydrogens (primary N) is 1. The van der Waals surface area contributed by atoms with Gasteiger partial charge in [-0.25, -0.2) is 0 Å². The lowest BCUT2D eigenvalue weighted by Gasteiger charge is -2.06. The van der Waals surface area contributed by atoms with Crippen LogP contribution >= 0.6 is 0 Å². The number of benzene rings is 1. The maximum absolute atomic E-state index is 12.1. The van der Waals surface area contributed by atoms with E-state index in [2.05, 4.69) is 15.6 Å². The van der Waals surface area contributed by atoms with E-state index in [0.717, 1.165) is 10.9 Å². The molecular weight excluding hydrogens is 272 g/mol. The molecule has 1 aromatic carbocycles. The number of aromatic amines is 1. The maximum Gasteiger partial charge on any atom is 0.253 e. The fraction of sp³-hybridized carbons (Fsp3) is 0.286. The van der Waals surface area contributed by atoms with Crippen molar-refractivity contribution in [3.8, 4) is 0 Å². The Balaban J connectivity index is 1.96. The van der Waals surface area contributed by atoms with Crippen LogP contribution in [-0.2, 0) is 9.53 Å². The summed E-state index contributed by atoms with van der Waals surface area (Å²) >= 11 is 0. The molecule has 112 valence electrons. The second-order valence-corrected chi connectivity index (χ2v) is 4.53. The number of aromatic nitrogens is 1. The first-order valence-electron chi connectivity index (χ1n) is 6.52. The van der Waals surface area contributed by atoms with Crippen molar-refractivity contribution < 1.29 is 14.3 Å². The molecule has 0 saturated carbocycles. The number of carbonyl (C=O) groups excluding carboxylic acids is 2. The number of carbonyl (C=O) groups is 2. The first kappa shape index (κ1) is 14.9. The number of anilines is 1. The predicted molar refractivity (Wildman–Crippen MR) is 79.9 cm³/mol. The number of nitrogen functional groups attached to an aromatic ring is 1. The van der Waals surface area contributed by atoms with Gasteiger partial charge >= 0.3 is 0 Å². The van der Waals surface area contributed by atoms with Crippen LogP contribution in [0.15, 0.2) is 24.4 Å². The van der Waals surface area contributed by atoms with Crippen molar-refractivity contribution in [1.82, 2.24) is 15.6 Å². The van der Waals surface area contributed by atoms with E-state index in [1.165, 1.54) is 0 Å². The largest absolute Gasteiger partial charge is 0.399 e. The van der Waals surface area contributed by atoms with Crippen molar-refractivity contribution in [3.63, 3.8) is 0 Å². The second-order valence-electron chi connectivity index (χ2n) is 4.53. The number of methoxy groups -OCH3 is 1. The molecule has 0 fully saturated rings. The van der Waals surface area contributed by atoms with Gasteiger partial charge in [-0.3, -0.25) is 9.59 Å². The Morgan fingerprint density at radius 3 is 2.90 bits per heavy atom. The number of rotatable bonds is 6. The van der Waals surface area contributed by atoms with Gasteiger partial charge in [0.15, 0.2) is 0 Å². The molecule has 0 atom stereocenters. The molecule has 0 bridgehead atoms. The average molecular weight is 290 g/mol. The molecule has 7 heteroatoms. The summed E-state index contributed by atoms with van der Waals surface area (Å²) in [5.41, 5.74) is 7.58. The summed E-state index contributed by atoms with van der Waals surface area (Å²) in [6.45, 7) is 0.758. The highest BCUT2D eigenvalue weighted by Crippen LogP contribution is 2.20. The number of ether oxygens (including phenoxy) is 1. The number of hydrogen-bond donors (Lipinski definition) is 4. The fourth-order valence-electron chi connectivity index (χ4n) is 1.94. The summed E-state index contributed by atoms with van der Waals surface area (Å²) in [7, 11) is 1.55. The Bertz CT molecular complexity index is 651. The number of nitrogens with one attached hydrogen (secondary N) is 3. The zero-order chi connectivity index (χ0) is 15.2. The van der Waals surface area contributed by atoms with E-state index in [1.54, 1.807) is 31.5 Å². The van der Waals surface area contributed by atoms with Gasteiger partial charge in [0.25, 0.3) is 5.91 Å². The molecule has 2 rings (SSSR count). The van der Waals surface area contributed by atoms with Crippen LogP contribution in [0.1, 0.15) is 10.4 Å². The quantitative estimate of drug-likeness (QED) is 0.451. The fourth-order valence-corrected chi connectivity index (χ4v) is 1.94. The Kier molecular flexibility index (Phi) is 4.78. The zero-order valence-electron chi connectivity index (χ0n) is 11.7. The van der Waals surface area contributed by atoms with Gasteiger partial charge in [0.1, 0.15) is 0 Å². The predicted octanol–water partition coefficient (Wildman–Crippen LogP) is 0.243. The van der Waals surface area contributed by atoms with Crippen LogP contribution in [-0.4, -0.2) is 43.6 Å². The number of H-pyrrole nitrogens is 1. The van der Waals surface area contributed by atoms with Crippen LogP contribution in [0, 0.1) is 0 Å². The van der Waals surface area contributed by atoms with E-state index in [0.29, 0.717) is 24.4 Å². The molecule has 5 N–H and O–H groups in total. The molecule has 0 aliphatic carbocycles. The zero-order valence-corrected chi connectivity index (χ0v) is 11.7. The van der Waals surface area contributed by atoms with E-state index in [4.69, 9.17) is 10.5 Å². The highest BCUT2D eigenvalue weighted by atomic mass is 16.5. The molecule has 0 aliphatic heterocycles. The van der Waals surface area contributed by atoms with Crippen LogP contribution in [0.5, 0.6) is 0 Å². The summed E-state index contributed by atoms with van der Waals surface area (Å²) < 4.78 is 4.82. The van der Waals surface area contributed by atoms with Crippen LogP contribution in [0.2, 0.25) is 0 Å². The molecule has 2 aromatic rings. The van der Waals surface area contributed by atoms with Crippen molar-refractivity contribution in [2.75, 3.05) is 32.5 Å². The maximum atomic E-state index is 12.1. The first-order chi connectivity index (χ1) is 10.1. The van der Waals surface area contributed by atoms with Gasteiger partial charge in [0.2, 0.25) is 5.91 Å². The standard InChI is InChI=1S/C14H18N4O3/c1-21-5-4-16-13(19)8-18-14(20)11-7-17-12-3-2-9(15)6-10(11)12/h2-3,6-7,17H,4-5,8,15H2,1H3,(H,16,19)(H,18,20). The van der Waals surface area contributed by atoms with Crippen molar-refractivity contribution in [1.29, 1.82) is 0 Å². The number of hydrogen-bond acceptors (Lipinski definition) is 4. The lowest BCUT2D eigenvalue weighted by atomic mass is 10.1.